The number of carboxylic acids is 1. The van der Waals surface area contributed by atoms with Gasteiger partial charge in [0.05, 0.1) is 21.6 Å². The quantitative estimate of drug-likeness (QED) is 0.323. The van der Waals surface area contributed by atoms with Crippen molar-refractivity contribution in [1.29, 1.82) is 0 Å². The first-order valence-corrected chi connectivity index (χ1v) is 5.69. The Labute approximate surface area is 68.1 Å². The van der Waals surface area contributed by atoms with E-state index in [4.69, 9.17) is 10.8 Å². The van der Waals surface area contributed by atoms with Crippen molar-refractivity contribution in [2.24, 2.45) is 5.73 Å². The lowest BCUT2D eigenvalue weighted by atomic mass is 10.2. The molecule has 5 heteroatoms. The van der Waals surface area contributed by atoms with Crippen LogP contribution in [0.1, 0.15) is 6.42 Å². The second-order valence-corrected chi connectivity index (χ2v) is 5.52. The van der Waals surface area contributed by atoms with E-state index in [0.717, 1.165) is 5.75 Å². The Morgan fingerprint density at radius 2 is 2.40 bits per heavy atom. The van der Waals surface area contributed by atoms with Gasteiger partial charge in [-0.2, -0.15) is 0 Å². The van der Waals surface area contributed by atoms with Crippen molar-refractivity contribution in [1.82, 2.24) is 0 Å². The molecule has 10 heavy (non-hydrogen) atoms. The predicted octanol–water partition coefficient (Wildman–Crippen LogP) is -0.119. The molecule has 0 radical (unpaired) electrons. The van der Waals surface area contributed by atoms with Gasteiger partial charge in [-0.1, -0.05) is 0 Å². The Balaban J connectivity index is 3.40. The van der Waals surface area contributed by atoms with Crippen LogP contribution in [-0.2, 0) is 14.7 Å². The van der Waals surface area contributed by atoms with E-state index in [-0.39, 0.29) is 9.93 Å². The van der Waals surface area contributed by atoms with E-state index in [1.165, 1.54) is 0 Å². The summed E-state index contributed by atoms with van der Waals surface area (Å²) in [5.74, 6) is -0.157. The zero-order valence-electron chi connectivity index (χ0n) is 5.78. The Kier molecular flexibility index (Phi) is 4.93. The zero-order valence-corrected chi connectivity index (χ0v) is 7.49. The highest BCUT2D eigenvalue weighted by atomic mass is 33.1. The molecule has 0 rings (SSSR count). The molecule has 0 saturated carbocycles. The Hall–Kier alpha value is 0.130. The van der Waals surface area contributed by atoms with Gasteiger partial charge in [0.25, 0.3) is 0 Å². The van der Waals surface area contributed by atoms with E-state index in [9.17, 15) is 4.79 Å². The molecule has 0 aliphatic carbocycles. The third-order valence-electron chi connectivity index (χ3n) is 1.04. The lowest BCUT2D eigenvalue weighted by Crippen LogP contribution is -2.31. The third-order valence-corrected chi connectivity index (χ3v) is 2.42. The number of thiol groups is 1. The summed E-state index contributed by atoms with van der Waals surface area (Å²) in [6.07, 6.45) is 2.45. The average Bonchev–Trinajstić information content (AvgIpc) is 1.82. The summed E-state index contributed by atoms with van der Waals surface area (Å²) < 4.78 is 0. The number of carboxylic acid groups (broad SMARTS) is 1. The molecular weight excluding hydrogens is 170 g/mol. The highest BCUT2D eigenvalue weighted by Gasteiger charge is 2.15. The number of carbonyl (C=O) groups is 1. The standard InChI is InChI=1S/C5H11NO2S2/c1-10(9)3-2-4(6)5(7)8/h4,9H,2-3,6H2,1H3/p+1/t4-,10?/m0/s1. The van der Waals surface area contributed by atoms with Crippen LogP contribution in [0.5, 0.6) is 0 Å². The van der Waals surface area contributed by atoms with Gasteiger partial charge in [-0.15, -0.1) is 0 Å². The minimum absolute atomic E-state index is 0.00157. The summed E-state index contributed by atoms with van der Waals surface area (Å²) in [5, 5.41) is 8.35. The van der Waals surface area contributed by atoms with Gasteiger partial charge in [0.1, 0.15) is 18.1 Å². The first-order chi connectivity index (χ1) is 4.54. The fourth-order valence-electron chi connectivity index (χ4n) is 0.421. The second kappa shape index (κ2) is 4.87. The first kappa shape index (κ1) is 10.1. The molecule has 0 aromatic rings. The minimum atomic E-state index is -0.932. The van der Waals surface area contributed by atoms with E-state index in [0.29, 0.717) is 6.42 Å². The molecular formula is C5H12NO2S2+. The van der Waals surface area contributed by atoms with Crippen LogP contribution in [0.25, 0.3) is 0 Å². The van der Waals surface area contributed by atoms with Crippen molar-refractivity contribution >= 4 is 27.6 Å². The Bertz CT molecular complexity index is 118. The van der Waals surface area contributed by atoms with Gasteiger partial charge < -0.3 is 10.8 Å². The van der Waals surface area contributed by atoms with Gasteiger partial charge in [-0.05, 0) is 0 Å². The maximum atomic E-state index is 10.2. The van der Waals surface area contributed by atoms with Crippen LogP contribution < -0.4 is 5.73 Å². The molecule has 0 heterocycles. The largest absolute Gasteiger partial charge is 0.480 e. The zero-order chi connectivity index (χ0) is 8.15. The minimum Gasteiger partial charge on any atom is -0.480 e. The fraction of sp³-hybridized carbons (Fsp3) is 0.800. The van der Waals surface area contributed by atoms with Crippen LogP contribution >= 0.6 is 11.7 Å². The summed E-state index contributed by atoms with van der Waals surface area (Å²) in [6, 6.07) is -0.720. The molecule has 0 saturated heterocycles. The Morgan fingerprint density at radius 1 is 1.90 bits per heavy atom. The first-order valence-electron chi connectivity index (χ1n) is 2.84. The van der Waals surface area contributed by atoms with Gasteiger partial charge in [0.2, 0.25) is 0 Å². The highest BCUT2D eigenvalue weighted by molar-refractivity contribution is 8.65. The van der Waals surface area contributed by atoms with Crippen molar-refractivity contribution in [3.05, 3.63) is 0 Å². The number of rotatable bonds is 4. The van der Waals surface area contributed by atoms with E-state index in [1.54, 1.807) is 0 Å². The fourth-order valence-corrected chi connectivity index (χ4v) is 1.33. The van der Waals surface area contributed by atoms with Crippen LogP contribution in [0.4, 0.5) is 0 Å². The van der Waals surface area contributed by atoms with Crippen molar-refractivity contribution in [2.75, 3.05) is 12.0 Å². The molecule has 3 N–H and O–H groups in total. The maximum Gasteiger partial charge on any atom is 0.320 e. The number of hydrogen-bond donors (Lipinski definition) is 3. The van der Waals surface area contributed by atoms with Crippen LogP contribution in [0, 0.1) is 0 Å². The monoisotopic (exact) mass is 182 g/mol. The smallest absolute Gasteiger partial charge is 0.320 e. The van der Waals surface area contributed by atoms with Gasteiger partial charge in [0, 0.05) is 6.42 Å². The lowest BCUT2D eigenvalue weighted by Gasteiger charge is -2.01. The van der Waals surface area contributed by atoms with Gasteiger partial charge in [-0.25, -0.2) is 0 Å². The molecule has 0 fully saturated rings. The molecule has 0 amide bonds. The topological polar surface area (TPSA) is 63.3 Å². The molecule has 0 bridgehead atoms. The van der Waals surface area contributed by atoms with E-state index in [1.807, 2.05) is 6.26 Å². The summed E-state index contributed by atoms with van der Waals surface area (Å²) >= 11 is 4.12. The number of hydrogen-bond acceptors (Lipinski definition) is 3. The summed E-state index contributed by atoms with van der Waals surface area (Å²) in [4.78, 5) is 10.2. The van der Waals surface area contributed by atoms with Crippen molar-refractivity contribution < 1.29 is 9.90 Å². The van der Waals surface area contributed by atoms with Crippen LogP contribution in [0.3, 0.4) is 0 Å². The van der Waals surface area contributed by atoms with Crippen LogP contribution in [0.2, 0.25) is 0 Å². The third kappa shape index (κ3) is 4.96. The average molecular weight is 182 g/mol. The summed E-state index contributed by atoms with van der Waals surface area (Å²) in [7, 11) is -0.00157. The molecule has 0 aliphatic heterocycles. The molecule has 3 nitrogen and oxygen atoms in total. The summed E-state index contributed by atoms with van der Waals surface area (Å²) in [5.41, 5.74) is 5.24. The molecule has 0 aliphatic rings. The Morgan fingerprint density at radius 3 is 2.70 bits per heavy atom. The van der Waals surface area contributed by atoms with E-state index in [2.05, 4.69) is 11.7 Å². The SMILES string of the molecule is C[S+](S)CC[C@H](N)C(=O)O. The van der Waals surface area contributed by atoms with E-state index < -0.39 is 12.0 Å². The van der Waals surface area contributed by atoms with Crippen LogP contribution in [0.15, 0.2) is 0 Å². The highest BCUT2D eigenvalue weighted by Crippen LogP contribution is 2.00. The van der Waals surface area contributed by atoms with Crippen molar-refractivity contribution in [3.8, 4) is 0 Å². The lowest BCUT2D eigenvalue weighted by molar-refractivity contribution is -0.138. The van der Waals surface area contributed by atoms with Crippen molar-refractivity contribution in [2.45, 2.75) is 12.5 Å². The second-order valence-electron chi connectivity index (χ2n) is 2.04. The predicted molar refractivity (Wildman–Crippen MR) is 47.4 cm³/mol. The molecule has 2 atom stereocenters. The normalized spacial score (nSPS) is 16.3. The molecule has 60 valence electrons. The van der Waals surface area contributed by atoms with Gasteiger partial charge >= 0.3 is 5.97 Å². The molecule has 1 unspecified atom stereocenters. The van der Waals surface area contributed by atoms with Gasteiger partial charge in [-0.3, -0.25) is 4.79 Å². The molecule has 0 spiro atoms. The van der Waals surface area contributed by atoms with Crippen LogP contribution in [-0.4, -0.2) is 29.1 Å². The molecule has 0 aromatic heterocycles. The van der Waals surface area contributed by atoms with E-state index >= 15 is 0 Å². The van der Waals surface area contributed by atoms with Gasteiger partial charge in [0.15, 0.2) is 0 Å². The summed E-state index contributed by atoms with van der Waals surface area (Å²) in [6.45, 7) is 0. The van der Waals surface area contributed by atoms with Crippen molar-refractivity contribution in [3.63, 3.8) is 0 Å². The number of aliphatic carboxylic acids is 1. The number of nitrogens with two attached hydrogens (primary N) is 1. The molecule has 0 aromatic carbocycles. The maximum absolute atomic E-state index is 10.2.